The van der Waals surface area contributed by atoms with Crippen molar-refractivity contribution in [1.29, 1.82) is 0 Å². The van der Waals surface area contributed by atoms with E-state index in [4.69, 9.17) is 5.11 Å². The number of carboxylic acids is 1. The molecule has 19 heavy (non-hydrogen) atoms. The average Bonchev–Trinajstić information content (AvgIpc) is 2.78. The summed E-state index contributed by atoms with van der Waals surface area (Å²) in [7, 11) is 0. The first-order valence-electron chi connectivity index (χ1n) is 5.45. The summed E-state index contributed by atoms with van der Waals surface area (Å²) in [6.45, 7) is 1.38. The van der Waals surface area contributed by atoms with Crippen LogP contribution in [0.1, 0.15) is 13.0 Å². The van der Waals surface area contributed by atoms with E-state index >= 15 is 0 Å². The zero-order valence-corrected chi connectivity index (χ0v) is 11.5. The largest absolute Gasteiger partial charge is 0.480 e. The molecule has 7 nitrogen and oxygen atoms in total. The van der Waals surface area contributed by atoms with E-state index < -0.39 is 18.1 Å². The predicted molar refractivity (Wildman–Crippen MR) is 69.3 cm³/mol. The number of nitrogens with zero attached hydrogens (tertiary/aromatic N) is 4. The molecule has 2 N–H and O–H groups in total. The van der Waals surface area contributed by atoms with Crippen LogP contribution in [-0.2, 0) is 4.79 Å². The molecule has 0 aliphatic heterocycles. The Morgan fingerprint density at radius 2 is 2.00 bits per heavy atom. The van der Waals surface area contributed by atoms with Gasteiger partial charge in [0.05, 0.1) is 6.10 Å². The van der Waals surface area contributed by atoms with Crippen molar-refractivity contribution in [2.24, 2.45) is 0 Å². The number of halogens is 1. The molecule has 0 bridgehead atoms. The van der Waals surface area contributed by atoms with Crippen molar-refractivity contribution in [3.63, 3.8) is 0 Å². The molecule has 1 aromatic carbocycles. The van der Waals surface area contributed by atoms with Crippen LogP contribution in [0.2, 0.25) is 0 Å². The van der Waals surface area contributed by atoms with E-state index in [0.717, 1.165) is 9.15 Å². The van der Waals surface area contributed by atoms with Crippen molar-refractivity contribution in [2.45, 2.75) is 19.1 Å². The lowest BCUT2D eigenvalue weighted by molar-refractivity contribution is -0.144. The Morgan fingerprint density at radius 3 is 2.53 bits per heavy atom. The second kappa shape index (κ2) is 5.45. The van der Waals surface area contributed by atoms with E-state index in [2.05, 4.69) is 31.5 Å². The monoisotopic (exact) mass is 326 g/mol. The number of carbonyl (C=O) groups is 1. The molecule has 1 heterocycles. The third-order valence-electron chi connectivity index (χ3n) is 2.57. The molecule has 0 spiro atoms. The molecule has 0 saturated heterocycles. The Bertz CT molecular complexity index is 582. The van der Waals surface area contributed by atoms with Gasteiger partial charge < -0.3 is 10.2 Å². The zero-order valence-electron chi connectivity index (χ0n) is 9.93. The van der Waals surface area contributed by atoms with Crippen molar-refractivity contribution in [3.8, 4) is 11.4 Å². The molecule has 2 rings (SSSR count). The van der Waals surface area contributed by atoms with Crippen molar-refractivity contribution in [2.75, 3.05) is 0 Å². The minimum absolute atomic E-state index is 0.292. The van der Waals surface area contributed by atoms with Crippen molar-refractivity contribution < 1.29 is 15.0 Å². The molecule has 1 aromatic heterocycles. The van der Waals surface area contributed by atoms with Gasteiger partial charge in [-0.25, -0.2) is 9.48 Å². The van der Waals surface area contributed by atoms with Crippen LogP contribution in [0.3, 0.4) is 0 Å². The average molecular weight is 327 g/mol. The number of aliphatic hydroxyl groups is 1. The number of benzene rings is 1. The first kappa shape index (κ1) is 13.6. The molecule has 0 radical (unpaired) electrons. The minimum atomic E-state index is -1.23. The third-order valence-corrected chi connectivity index (χ3v) is 3.10. The molecule has 0 aliphatic rings. The molecular weight excluding hydrogens is 316 g/mol. The SMILES string of the molecule is CC(O)C(C(=O)O)n1nnnc1-c1ccc(Br)cc1. The van der Waals surface area contributed by atoms with Crippen LogP contribution in [0, 0.1) is 0 Å². The summed E-state index contributed by atoms with van der Waals surface area (Å²) < 4.78 is 2.00. The van der Waals surface area contributed by atoms with Crippen molar-refractivity contribution in [1.82, 2.24) is 20.2 Å². The Balaban J connectivity index is 2.47. The highest BCUT2D eigenvalue weighted by Crippen LogP contribution is 2.22. The van der Waals surface area contributed by atoms with Gasteiger partial charge in [-0.05, 0) is 29.5 Å². The molecule has 2 atom stereocenters. The van der Waals surface area contributed by atoms with Gasteiger partial charge in [0.1, 0.15) is 0 Å². The second-order valence-corrected chi connectivity index (χ2v) is 4.89. The van der Waals surface area contributed by atoms with Gasteiger partial charge in [0.15, 0.2) is 11.9 Å². The summed E-state index contributed by atoms with van der Waals surface area (Å²) in [5, 5.41) is 29.7. The Kier molecular flexibility index (Phi) is 3.91. The van der Waals surface area contributed by atoms with Gasteiger partial charge in [-0.1, -0.05) is 28.1 Å². The lowest BCUT2D eigenvalue weighted by Gasteiger charge is -2.16. The van der Waals surface area contributed by atoms with E-state index in [1.54, 1.807) is 24.3 Å². The van der Waals surface area contributed by atoms with Gasteiger partial charge in [-0.2, -0.15) is 0 Å². The molecule has 0 aliphatic carbocycles. The summed E-state index contributed by atoms with van der Waals surface area (Å²) in [4.78, 5) is 11.2. The molecule has 0 amide bonds. The number of aliphatic carboxylic acids is 1. The smallest absolute Gasteiger partial charge is 0.331 e. The highest BCUT2D eigenvalue weighted by molar-refractivity contribution is 9.10. The van der Waals surface area contributed by atoms with Crippen molar-refractivity contribution in [3.05, 3.63) is 28.7 Å². The number of tetrazole rings is 1. The number of carboxylic acid groups (broad SMARTS) is 1. The molecule has 0 fully saturated rings. The van der Waals surface area contributed by atoms with Gasteiger partial charge in [0.2, 0.25) is 0 Å². The summed E-state index contributed by atoms with van der Waals surface area (Å²) in [6.07, 6.45) is -1.12. The van der Waals surface area contributed by atoms with Crippen LogP contribution in [0.25, 0.3) is 11.4 Å². The fraction of sp³-hybridized carbons (Fsp3) is 0.273. The van der Waals surface area contributed by atoms with E-state index in [1.165, 1.54) is 6.92 Å². The first-order chi connectivity index (χ1) is 9.00. The number of aromatic nitrogens is 4. The van der Waals surface area contributed by atoms with Crippen LogP contribution < -0.4 is 0 Å². The lowest BCUT2D eigenvalue weighted by atomic mass is 10.1. The van der Waals surface area contributed by atoms with Crippen LogP contribution in [0.4, 0.5) is 0 Å². The maximum Gasteiger partial charge on any atom is 0.331 e. The fourth-order valence-electron chi connectivity index (χ4n) is 1.69. The van der Waals surface area contributed by atoms with Gasteiger partial charge >= 0.3 is 5.97 Å². The Morgan fingerprint density at radius 1 is 1.37 bits per heavy atom. The third kappa shape index (κ3) is 2.79. The van der Waals surface area contributed by atoms with E-state index in [0.29, 0.717) is 11.4 Å². The summed E-state index contributed by atoms with van der Waals surface area (Å²) in [5.74, 6) is -0.901. The maximum absolute atomic E-state index is 11.2. The number of hydrogen-bond donors (Lipinski definition) is 2. The van der Waals surface area contributed by atoms with E-state index in [9.17, 15) is 9.90 Å². The highest BCUT2D eigenvalue weighted by Gasteiger charge is 2.29. The maximum atomic E-state index is 11.2. The van der Waals surface area contributed by atoms with Crippen LogP contribution in [0.5, 0.6) is 0 Å². The van der Waals surface area contributed by atoms with E-state index in [-0.39, 0.29) is 0 Å². The standard InChI is InChI=1S/C11H11BrN4O3/c1-6(17)9(11(18)19)16-10(13-14-15-16)7-2-4-8(12)5-3-7/h2-6,9,17H,1H3,(H,18,19). The minimum Gasteiger partial charge on any atom is -0.480 e. The molecule has 100 valence electrons. The first-order valence-corrected chi connectivity index (χ1v) is 6.24. The van der Waals surface area contributed by atoms with Gasteiger partial charge in [0, 0.05) is 10.0 Å². The molecule has 2 unspecified atom stereocenters. The summed E-state index contributed by atoms with van der Waals surface area (Å²) in [5.41, 5.74) is 0.667. The Hall–Kier alpha value is -1.80. The van der Waals surface area contributed by atoms with E-state index in [1.807, 2.05) is 0 Å². The predicted octanol–water partition coefficient (Wildman–Crippen LogP) is 1.11. The van der Waals surface area contributed by atoms with Crippen LogP contribution >= 0.6 is 15.9 Å². The lowest BCUT2D eigenvalue weighted by Crippen LogP contribution is -2.30. The van der Waals surface area contributed by atoms with Gasteiger partial charge in [-0.3, -0.25) is 0 Å². The van der Waals surface area contributed by atoms with Crippen LogP contribution in [-0.4, -0.2) is 42.5 Å². The number of rotatable bonds is 4. The molecule has 0 saturated carbocycles. The summed E-state index contributed by atoms with van der Waals surface area (Å²) >= 11 is 3.31. The normalized spacial score (nSPS) is 14.1. The van der Waals surface area contributed by atoms with Gasteiger partial charge in [0.25, 0.3) is 0 Å². The summed E-state index contributed by atoms with van der Waals surface area (Å²) in [6, 6.07) is 5.88. The Labute approximate surface area is 117 Å². The van der Waals surface area contributed by atoms with Gasteiger partial charge in [-0.15, -0.1) is 5.10 Å². The highest BCUT2D eigenvalue weighted by atomic mass is 79.9. The fourth-order valence-corrected chi connectivity index (χ4v) is 1.95. The molecular formula is C11H11BrN4O3. The second-order valence-electron chi connectivity index (χ2n) is 3.98. The topological polar surface area (TPSA) is 101 Å². The van der Waals surface area contributed by atoms with Crippen LogP contribution in [0.15, 0.2) is 28.7 Å². The quantitative estimate of drug-likeness (QED) is 0.872. The number of aliphatic hydroxyl groups excluding tert-OH is 1. The zero-order chi connectivity index (χ0) is 14.0. The molecule has 2 aromatic rings. The molecule has 8 heteroatoms. The van der Waals surface area contributed by atoms with Crippen molar-refractivity contribution >= 4 is 21.9 Å². The number of hydrogen-bond acceptors (Lipinski definition) is 5.